The van der Waals surface area contributed by atoms with Crippen LogP contribution in [0.4, 0.5) is 11.4 Å². The number of carbonyl (C=O) groups excluding carboxylic acids is 1. The van der Waals surface area contributed by atoms with Gasteiger partial charge in [-0.3, -0.25) is 14.9 Å². The minimum absolute atomic E-state index is 0.00611. The van der Waals surface area contributed by atoms with Gasteiger partial charge in [0.2, 0.25) is 0 Å². The van der Waals surface area contributed by atoms with Gasteiger partial charge in [-0.25, -0.2) is 0 Å². The predicted octanol–water partition coefficient (Wildman–Crippen LogP) is 4.06. The smallest absolute Gasteiger partial charge is 0.270 e. The van der Waals surface area contributed by atoms with Gasteiger partial charge >= 0.3 is 0 Å². The summed E-state index contributed by atoms with van der Waals surface area (Å²) >= 11 is 6.20. The van der Waals surface area contributed by atoms with Crippen molar-refractivity contribution in [3.8, 4) is 5.75 Å². The maximum absolute atomic E-state index is 12.5. The van der Waals surface area contributed by atoms with Gasteiger partial charge in [0.25, 0.3) is 11.6 Å². The molecule has 7 nitrogen and oxygen atoms in total. The van der Waals surface area contributed by atoms with Crippen LogP contribution in [0, 0.1) is 10.1 Å². The van der Waals surface area contributed by atoms with Crippen molar-refractivity contribution in [3.05, 3.63) is 63.2 Å². The highest BCUT2D eigenvalue weighted by Crippen LogP contribution is 2.34. The first kappa shape index (κ1) is 18.2. The van der Waals surface area contributed by atoms with Gasteiger partial charge in [-0.2, -0.15) is 0 Å². The number of amides is 1. The molecule has 1 amide bonds. The van der Waals surface area contributed by atoms with Crippen molar-refractivity contribution in [3.63, 3.8) is 0 Å². The fraction of sp³-hybridized carbons (Fsp3) is 0.278. The number of para-hydroxylation sites is 1. The number of ether oxygens (including phenoxy) is 2. The molecule has 0 bridgehead atoms. The van der Waals surface area contributed by atoms with Crippen LogP contribution in [0.25, 0.3) is 0 Å². The van der Waals surface area contributed by atoms with Crippen LogP contribution in [0.1, 0.15) is 23.2 Å². The summed E-state index contributed by atoms with van der Waals surface area (Å²) in [7, 11) is 0. The Balaban J connectivity index is 1.76. The molecule has 0 unspecified atom stereocenters. The van der Waals surface area contributed by atoms with Crippen molar-refractivity contribution in [2.45, 2.75) is 18.9 Å². The summed E-state index contributed by atoms with van der Waals surface area (Å²) in [6, 6.07) is 10.5. The van der Waals surface area contributed by atoms with Gasteiger partial charge in [-0.05, 0) is 31.0 Å². The average Bonchev–Trinajstić information content (AvgIpc) is 3.15. The summed E-state index contributed by atoms with van der Waals surface area (Å²) in [5, 5.41) is 13.9. The highest BCUT2D eigenvalue weighted by atomic mass is 35.5. The monoisotopic (exact) mass is 376 g/mol. The highest BCUT2D eigenvalue weighted by molar-refractivity contribution is 6.32. The van der Waals surface area contributed by atoms with E-state index in [0.29, 0.717) is 29.7 Å². The molecule has 0 spiro atoms. The Morgan fingerprint density at radius 3 is 2.88 bits per heavy atom. The summed E-state index contributed by atoms with van der Waals surface area (Å²) in [6.07, 6.45) is 1.92. The van der Waals surface area contributed by atoms with E-state index in [1.807, 2.05) is 0 Å². The van der Waals surface area contributed by atoms with E-state index in [0.717, 1.165) is 12.8 Å². The number of anilines is 1. The van der Waals surface area contributed by atoms with Gasteiger partial charge in [0, 0.05) is 24.3 Å². The minimum atomic E-state index is -0.549. The summed E-state index contributed by atoms with van der Waals surface area (Å²) in [6.45, 7) is 1.05. The SMILES string of the molecule is O=C(Nc1cccc(Cl)c1OC[C@@H]1CCCO1)c1cccc([N+](=O)[O-])c1. The number of non-ortho nitro benzene ring substituents is 1. The molecule has 136 valence electrons. The third-order valence-corrected chi connectivity index (χ3v) is 4.27. The lowest BCUT2D eigenvalue weighted by Crippen LogP contribution is -2.18. The Morgan fingerprint density at radius 1 is 1.35 bits per heavy atom. The summed E-state index contributed by atoms with van der Waals surface area (Å²) in [5.74, 6) is -0.138. The third kappa shape index (κ3) is 4.30. The van der Waals surface area contributed by atoms with Crippen molar-refractivity contribution >= 4 is 28.9 Å². The van der Waals surface area contributed by atoms with E-state index in [4.69, 9.17) is 21.1 Å². The maximum Gasteiger partial charge on any atom is 0.270 e. The second kappa shape index (κ2) is 8.16. The summed E-state index contributed by atoms with van der Waals surface area (Å²) in [5.41, 5.74) is 0.412. The number of nitro benzene ring substituents is 1. The second-order valence-corrected chi connectivity index (χ2v) is 6.23. The number of hydrogen-bond donors (Lipinski definition) is 1. The molecule has 2 aromatic carbocycles. The van der Waals surface area contributed by atoms with E-state index in [-0.39, 0.29) is 17.4 Å². The first-order valence-electron chi connectivity index (χ1n) is 8.13. The van der Waals surface area contributed by atoms with Gasteiger partial charge in [0.1, 0.15) is 6.61 Å². The molecule has 3 rings (SSSR count). The fourth-order valence-electron chi connectivity index (χ4n) is 2.66. The molecule has 0 radical (unpaired) electrons. The Bertz CT molecular complexity index is 821. The van der Waals surface area contributed by atoms with Gasteiger partial charge < -0.3 is 14.8 Å². The fourth-order valence-corrected chi connectivity index (χ4v) is 2.89. The molecule has 1 saturated heterocycles. The lowest BCUT2D eigenvalue weighted by molar-refractivity contribution is -0.384. The van der Waals surface area contributed by atoms with Crippen LogP contribution >= 0.6 is 11.6 Å². The van der Waals surface area contributed by atoms with E-state index in [1.165, 1.54) is 24.3 Å². The van der Waals surface area contributed by atoms with Crippen LogP contribution in [0.5, 0.6) is 5.75 Å². The van der Waals surface area contributed by atoms with Crippen LogP contribution in [0.3, 0.4) is 0 Å². The first-order valence-corrected chi connectivity index (χ1v) is 8.51. The standard InChI is InChI=1S/C18H17ClN2O5/c19-15-7-2-8-16(17(15)26-11-14-6-3-9-25-14)20-18(22)12-4-1-5-13(10-12)21(23)24/h1-2,4-5,7-8,10,14H,3,6,9,11H2,(H,20,22)/t14-/m0/s1. The van der Waals surface area contributed by atoms with E-state index in [9.17, 15) is 14.9 Å². The number of halogens is 1. The molecule has 0 aromatic heterocycles. The molecular weight excluding hydrogens is 360 g/mol. The van der Waals surface area contributed by atoms with E-state index >= 15 is 0 Å². The Morgan fingerprint density at radius 2 is 2.15 bits per heavy atom. The molecule has 1 atom stereocenters. The van der Waals surface area contributed by atoms with Crippen LogP contribution in [-0.2, 0) is 4.74 Å². The number of benzene rings is 2. The van der Waals surface area contributed by atoms with Crippen molar-refractivity contribution in [2.75, 3.05) is 18.5 Å². The molecule has 0 saturated carbocycles. The topological polar surface area (TPSA) is 90.7 Å². The third-order valence-electron chi connectivity index (χ3n) is 3.97. The van der Waals surface area contributed by atoms with Crippen molar-refractivity contribution in [2.24, 2.45) is 0 Å². The number of rotatable bonds is 6. The van der Waals surface area contributed by atoms with Gasteiger partial charge in [0.05, 0.1) is 21.7 Å². The quantitative estimate of drug-likeness (QED) is 0.606. The zero-order valence-corrected chi connectivity index (χ0v) is 14.6. The van der Waals surface area contributed by atoms with Gasteiger partial charge in [0.15, 0.2) is 5.75 Å². The lowest BCUT2D eigenvalue weighted by Gasteiger charge is -2.16. The van der Waals surface area contributed by atoms with Crippen molar-refractivity contribution in [1.82, 2.24) is 0 Å². The molecule has 1 heterocycles. The number of nitro groups is 1. The molecule has 26 heavy (non-hydrogen) atoms. The molecule has 1 aliphatic rings. The molecule has 8 heteroatoms. The van der Waals surface area contributed by atoms with E-state index in [2.05, 4.69) is 5.32 Å². The second-order valence-electron chi connectivity index (χ2n) is 5.82. The normalized spacial score (nSPS) is 16.3. The molecular formula is C18H17ClN2O5. The lowest BCUT2D eigenvalue weighted by atomic mass is 10.2. The minimum Gasteiger partial charge on any atom is -0.487 e. The summed E-state index contributed by atoms with van der Waals surface area (Å²) in [4.78, 5) is 22.8. The van der Waals surface area contributed by atoms with E-state index in [1.54, 1.807) is 18.2 Å². The molecule has 1 fully saturated rings. The Kier molecular flexibility index (Phi) is 5.70. The number of carbonyl (C=O) groups is 1. The van der Waals surface area contributed by atoms with Crippen LogP contribution in [0.2, 0.25) is 5.02 Å². The van der Waals surface area contributed by atoms with Crippen LogP contribution < -0.4 is 10.1 Å². The number of nitrogens with one attached hydrogen (secondary N) is 1. The largest absolute Gasteiger partial charge is 0.487 e. The van der Waals surface area contributed by atoms with Gasteiger partial charge in [-0.1, -0.05) is 23.7 Å². The Hall–Kier alpha value is -2.64. The van der Waals surface area contributed by atoms with Crippen LogP contribution in [0.15, 0.2) is 42.5 Å². The Labute approximate surface area is 155 Å². The highest BCUT2D eigenvalue weighted by Gasteiger charge is 2.19. The first-order chi connectivity index (χ1) is 12.5. The van der Waals surface area contributed by atoms with E-state index < -0.39 is 10.8 Å². The number of hydrogen-bond acceptors (Lipinski definition) is 5. The predicted molar refractivity (Wildman–Crippen MR) is 97.0 cm³/mol. The maximum atomic E-state index is 12.5. The zero-order valence-electron chi connectivity index (χ0n) is 13.8. The van der Waals surface area contributed by atoms with Crippen molar-refractivity contribution < 1.29 is 19.2 Å². The molecule has 0 aliphatic carbocycles. The van der Waals surface area contributed by atoms with Gasteiger partial charge in [-0.15, -0.1) is 0 Å². The molecule has 2 aromatic rings. The summed E-state index contributed by atoms with van der Waals surface area (Å²) < 4.78 is 11.3. The van der Waals surface area contributed by atoms with Crippen LogP contribution in [-0.4, -0.2) is 30.1 Å². The average molecular weight is 377 g/mol. The molecule has 1 aliphatic heterocycles. The zero-order chi connectivity index (χ0) is 18.5. The van der Waals surface area contributed by atoms with Crippen molar-refractivity contribution in [1.29, 1.82) is 0 Å². The number of nitrogens with zero attached hydrogens (tertiary/aromatic N) is 1. The molecule has 1 N–H and O–H groups in total.